The third-order valence-electron chi connectivity index (χ3n) is 2.75. The van der Waals surface area contributed by atoms with Crippen molar-refractivity contribution in [1.29, 1.82) is 0 Å². The molecule has 0 spiro atoms. The first-order valence-electron chi connectivity index (χ1n) is 6.25. The van der Waals surface area contributed by atoms with Crippen molar-refractivity contribution in [1.82, 2.24) is 5.32 Å². The first-order valence-corrected chi connectivity index (χ1v) is 7.86. The Hall–Kier alpha value is -0.650. The lowest BCUT2D eigenvalue weighted by molar-refractivity contribution is -0.116. The predicted octanol–water partition coefficient (Wildman–Crippen LogP) is 3.44. The molecule has 0 aliphatic heterocycles. The summed E-state index contributed by atoms with van der Waals surface area (Å²) in [5.74, 6) is -0.0775. The van der Waals surface area contributed by atoms with Crippen molar-refractivity contribution in [2.75, 3.05) is 13.2 Å². The lowest BCUT2D eigenvalue weighted by atomic mass is 9.89. The van der Waals surface area contributed by atoms with Crippen molar-refractivity contribution >= 4 is 39.2 Å². The molecule has 0 atom stereocenters. The molecule has 0 fully saturated rings. The van der Waals surface area contributed by atoms with Crippen molar-refractivity contribution in [3.8, 4) is 0 Å². The van der Waals surface area contributed by atoms with Crippen LogP contribution in [0.3, 0.4) is 0 Å². The van der Waals surface area contributed by atoms with E-state index in [-0.39, 0.29) is 17.9 Å². The number of nitrogens with one attached hydrogen (secondary N) is 1. The van der Waals surface area contributed by atoms with E-state index < -0.39 is 0 Å². The Kier molecular flexibility index (Phi) is 6.75. The molecule has 1 heterocycles. The molecule has 0 aliphatic carbocycles. The summed E-state index contributed by atoms with van der Waals surface area (Å²) in [6.07, 6.45) is 5.13. The Bertz CT molecular complexity index is 440. The SMILES string of the molecule is CC(C)(CO)CCCNC(=O)/C=C/c1ccc(Br)s1. The standard InChI is InChI=1S/C14H20BrNO2S/c1-14(2,10-17)8-3-9-16-13(18)7-5-11-4-6-12(15)19-11/h4-7,17H,3,8-10H2,1-2H3,(H,16,18)/b7-5+. The molecule has 0 aliphatic rings. The van der Waals surface area contributed by atoms with E-state index in [9.17, 15) is 4.79 Å². The second-order valence-electron chi connectivity index (χ2n) is 5.19. The first kappa shape index (κ1) is 16.4. The van der Waals surface area contributed by atoms with Crippen molar-refractivity contribution in [2.45, 2.75) is 26.7 Å². The summed E-state index contributed by atoms with van der Waals surface area (Å²) < 4.78 is 1.05. The normalized spacial score (nSPS) is 12.0. The zero-order valence-electron chi connectivity index (χ0n) is 11.3. The van der Waals surface area contributed by atoms with Crippen LogP contribution in [0.4, 0.5) is 0 Å². The molecule has 3 nitrogen and oxygen atoms in total. The van der Waals surface area contributed by atoms with Crippen LogP contribution >= 0.6 is 27.3 Å². The van der Waals surface area contributed by atoms with Gasteiger partial charge in [0.2, 0.25) is 5.91 Å². The minimum absolute atomic E-state index is 0.0657. The van der Waals surface area contributed by atoms with Crippen LogP contribution in [0.25, 0.3) is 6.08 Å². The number of hydrogen-bond acceptors (Lipinski definition) is 3. The smallest absolute Gasteiger partial charge is 0.244 e. The average molecular weight is 346 g/mol. The number of amides is 1. The van der Waals surface area contributed by atoms with Gasteiger partial charge in [-0.3, -0.25) is 4.79 Å². The van der Waals surface area contributed by atoms with Gasteiger partial charge in [-0.1, -0.05) is 13.8 Å². The van der Waals surface area contributed by atoms with Crippen LogP contribution in [-0.2, 0) is 4.79 Å². The van der Waals surface area contributed by atoms with E-state index in [0.29, 0.717) is 6.54 Å². The van der Waals surface area contributed by atoms with Crippen LogP contribution in [0.15, 0.2) is 22.0 Å². The van der Waals surface area contributed by atoms with Crippen LogP contribution in [0, 0.1) is 5.41 Å². The van der Waals surface area contributed by atoms with Gasteiger partial charge >= 0.3 is 0 Å². The maximum atomic E-state index is 11.6. The van der Waals surface area contributed by atoms with Gasteiger partial charge in [0.05, 0.1) is 3.79 Å². The van der Waals surface area contributed by atoms with E-state index in [1.54, 1.807) is 17.4 Å². The maximum absolute atomic E-state index is 11.6. The van der Waals surface area contributed by atoms with Gasteiger partial charge in [-0.05, 0) is 52.4 Å². The number of carbonyl (C=O) groups is 1. The molecule has 0 bridgehead atoms. The minimum Gasteiger partial charge on any atom is -0.396 e. The molecule has 5 heteroatoms. The Morgan fingerprint density at radius 3 is 2.84 bits per heavy atom. The van der Waals surface area contributed by atoms with Gasteiger partial charge in [-0.15, -0.1) is 11.3 Å². The van der Waals surface area contributed by atoms with Gasteiger partial charge < -0.3 is 10.4 Å². The molecule has 1 amide bonds. The van der Waals surface area contributed by atoms with E-state index in [1.807, 2.05) is 32.1 Å². The Balaban J connectivity index is 2.23. The van der Waals surface area contributed by atoms with Gasteiger partial charge in [0.25, 0.3) is 0 Å². The topological polar surface area (TPSA) is 49.3 Å². The highest BCUT2D eigenvalue weighted by atomic mass is 79.9. The Morgan fingerprint density at radius 2 is 2.26 bits per heavy atom. The molecule has 1 aromatic heterocycles. The quantitative estimate of drug-likeness (QED) is 0.587. The fourth-order valence-corrected chi connectivity index (χ4v) is 2.82. The van der Waals surface area contributed by atoms with Crippen LogP contribution in [0.5, 0.6) is 0 Å². The van der Waals surface area contributed by atoms with E-state index >= 15 is 0 Å². The number of carbonyl (C=O) groups excluding carboxylic acids is 1. The van der Waals surface area contributed by atoms with Crippen molar-refractivity contribution in [3.63, 3.8) is 0 Å². The molecule has 1 aromatic rings. The fourth-order valence-electron chi connectivity index (χ4n) is 1.49. The molecule has 0 radical (unpaired) electrons. The zero-order valence-corrected chi connectivity index (χ0v) is 13.7. The fraction of sp³-hybridized carbons (Fsp3) is 0.500. The highest BCUT2D eigenvalue weighted by Gasteiger charge is 2.15. The molecular weight excluding hydrogens is 326 g/mol. The van der Waals surface area contributed by atoms with Gasteiger partial charge in [-0.25, -0.2) is 0 Å². The Morgan fingerprint density at radius 1 is 1.53 bits per heavy atom. The number of aliphatic hydroxyl groups is 1. The second kappa shape index (κ2) is 7.82. The van der Waals surface area contributed by atoms with Crippen molar-refractivity contribution < 1.29 is 9.90 Å². The molecule has 19 heavy (non-hydrogen) atoms. The van der Waals surface area contributed by atoms with E-state index in [0.717, 1.165) is 21.5 Å². The molecular formula is C14H20BrNO2S. The summed E-state index contributed by atoms with van der Waals surface area (Å²) >= 11 is 4.97. The summed E-state index contributed by atoms with van der Waals surface area (Å²) in [4.78, 5) is 12.6. The second-order valence-corrected chi connectivity index (χ2v) is 7.69. The number of aliphatic hydroxyl groups excluding tert-OH is 1. The monoisotopic (exact) mass is 345 g/mol. The molecule has 0 saturated heterocycles. The highest BCUT2D eigenvalue weighted by molar-refractivity contribution is 9.11. The van der Waals surface area contributed by atoms with Gasteiger partial charge in [0.15, 0.2) is 0 Å². The van der Waals surface area contributed by atoms with Crippen LogP contribution in [0.1, 0.15) is 31.6 Å². The molecule has 0 aromatic carbocycles. The lowest BCUT2D eigenvalue weighted by Crippen LogP contribution is -2.24. The number of rotatable bonds is 7. The molecule has 0 saturated carbocycles. The first-order chi connectivity index (χ1) is 8.93. The summed E-state index contributed by atoms with van der Waals surface area (Å²) in [5.41, 5.74) is -0.0657. The highest BCUT2D eigenvalue weighted by Crippen LogP contribution is 2.23. The predicted molar refractivity (Wildman–Crippen MR) is 84.2 cm³/mol. The summed E-state index contributed by atoms with van der Waals surface area (Å²) in [6.45, 7) is 4.85. The van der Waals surface area contributed by atoms with E-state index in [1.165, 1.54) is 0 Å². The largest absolute Gasteiger partial charge is 0.396 e. The van der Waals surface area contributed by atoms with Crippen LogP contribution in [0.2, 0.25) is 0 Å². The number of thiophene rings is 1. The van der Waals surface area contributed by atoms with Gasteiger partial charge in [-0.2, -0.15) is 0 Å². The van der Waals surface area contributed by atoms with Gasteiger partial charge in [0, 0.05) is 24.1 Å². The third kappa shape index (κ3) is 6.89. The van der Waals surface area contributed by atoms with E-state index in [4.69, 9.17) is 5.11 Å². The molecule has 106 valence electrons. The molecule has 0 unspecified atom stereocenters. The Labute approximate surface area is 126 Å². The average Bonchev–Trinajstić information content (AvgIpc) is 2.78. The van der Waals surface area contributed by atoms with Crippen molar-refractivity contribution in [2.24, 2.45) is 5.41 Å². The number of hydrogen-bond donors (Lipinski definition) is 2. The third-order valence-corrected chi connectivity index (χ3v) is 4.34. The zero-order chi connectivity index (χ0) is 14.3. The van der Waals surface area contributed by atoms with Crippen molar-refractivity contribution in [3.05, 3.63) is 26.9 Å². The van der Waals surface area contributed by atoms with E-state index in [2.05, 4.69) is 21.2 Å². The minimum atomic E-state index is -0.0775. The number of halogens is 1. The maximum Gasteiger partial charge on any atom is 0.244 e. The molecule has 1 rings (SSSR count). The molecule has 2 N–H and O–H groups in total. The summed E-state index contributed by atoms with van der Waals surface area (Å²) in [5, 5.41) is 12.0. The summed E-state index contributed by atoms with van der Waals surface area (Å²) in [7, 11) is 0. The van der Waals surface area contributed by atoms with Gasteiger partial charge in [0.1, 0.15) is 0 Å². The van der Waals surface area contributed by atoms with Crippen LogP contribution < -0.4 is 5.32 Å². The lowest BCUT2D eigenvalue weighted by Gasteiger charge is -2.20. The summed E-state index contributed by atoms with van der Waals surface area (Å²) in [6, 6.07) is 3.92. The van der Waals surface area contributed by atoms with Crippen LogP contribution in [-0.4, -0.2) is 24.2 Å².